The first-order valence-electron chi connectivity index (χ1n) is 7.29. The summed E-state index contributed by atoms with van der Waals surface area (Å²) >= 11 is 0. The van der Waals surface area contributed by atoms with Crippen molar-refractivity contribution in [2.24, 2.45) is 5.41 Å². The normalized spacial score (nSPS) is 16.7. The summed E-state index contributed by atoms with van der Waals surface area (Å²) in [5.41, 5.74) is -0.322. The van der Waals surface area contributed by atoms with E-state index >= 15 is 0 Å². The molecule has 5 heteroatoms. The minimum Gasteiger partial charge on any atom is -0.495 e. The zero-order valence-corrected chi connectivity index (χ0v) is 12.7. The van der Waals surface area contributed by atoms with Crippen LogP contribution in [-0.4, -0.2) is 25.0 Å². The van der Waals surface area contributed by atoms with Gasteiger partial charge in [0.2, 0.25) is 11.8 Å². The molecule has 2 amide bonds. The third kappa shape index (κ3) is 3.17. The number of para-hydroxylation sites is 2. The van der Waals surface area contributed by atoms with Crippen LogP contribution in [-0.2, 0) is 9.59 Å². The first-order valence-corrected chi connectivity index (χ1v) is 7.29. The second-order valence-corrected chi connectivity index (χ2v) is 5.52. The lowest BCUT2D eigenvalue weighted by atomic mass is 10.0. The van der Waals surface area contributed by atoms with Gasteiger partial charge in [0.25, 0.3) is 0 Å². The number of anilines is 1. The standard InChI is InChI=1S/C16H22N2O3/c1-4-11(2)17-14(19)16(9-10-16)15(20)18-12-7-5-6-8-13(12)21-3/h5-8,11H,4,9-10H2,1-3H3,(H,17,19)(H,18,20). The van der Waals surface area contributed by atoms with Gasteiger partial charge in [-0.2, -0.15) is 0 Å². The highest BCUT2D eigenvalue weighted by Crippen LogP contribution is 2.47. The molecule has 0 bridgehead atoms. The summed E-state index contributed by atoms with van der Waals surface area (Å²) in [6, 6.07) is 7.26. The predicted molar refractivity (Wildman–Crippen MR) is 81.2 cm³/mol. The Morgan fingerprint density at radius 2 is 1.95 bits per heavy atom. The van der Waals surface area contributed by atoms with E-state index in [9.17, 15) is 9.59 Å². The number of ether oxygens (including phenoxy) is 1. The van der Waals surface area contributed by atoms with Crippen molar-refractivity contribution in [1.82, 2.24) is 5.32 Å². The van der Waals surface area contributed by atoms with Gasteiger partial charge in [-0.1, -0.05) is 19.1 Å². The topological polar surface area (TPSA) is 67.4 Å². The molecular weight excluding hydrogens is 268 g/mol. The molecule has 5 nitrogen and oxygen atoms in total. The summed E-state index contributed by atoms with van der Waals surface area (Å²) in [5, 5.41) is 5.71. The van der Waals surface area contributed by atoms with Crippen molar-refractivity contribution in [3.05, 3.63) is 24.3 Å². The van der Waals surface area contributed by atoms with Gasteiger partial charge in [0.1, 0.15) is 11.2 Å². The Labute approximate surface area is 125 Å². The number of carbonyl (C=O) groups excluding carboxylic acids is 2. The molecule has 1 aliphatic carbocycles. The highest BCUT2D eigenvalue weighted by atomic mass is 16.5. The summed E-state index contributed by atoms with van der Waals surface area (Å²) in [7, 11) is 1.55. The lowest BCUT2D eigenvalue weighted by Crippen LogP contribution is -2.43. The van der Waals surface area contributed by atoms with E-state index in [1.165, 1.54) is 0 Å². The lowest BCUT2D eigenvalue weighted by Gasteiger charge is -2.19. The van der Waals surface area contributed by atoms with Crippen LogP contribution in [0.15, 0.2) is 24.3 Å². The first-order chi connectivity index (χ1) is 10.0. The lowest BCUT2D eigenvalue weighted by molar-refractivity contribution is -0.134. The maximum Gasteiger partial charge on any atom is 0.240 e. The number of hydrogen-bond acceptors (Lipinski definition) is 3. The molecule has 1 saturated carbocycles. The largest absolute Gasteiger partial charge is 0.495 e. The molecule has 1 unspecified atom stereocenters. The molecule has 0 saturated heterocycles. The SMILES string of the molecule is CCC(C)NC(=O)C1(C(=O)Nc2ccccc2OC)CC1. The van der Waals surface area contributed by atoms with E-state index in [1.807, 2.05) is 26.0 Å². The zero-order chi connectivity index (χ0) is 15.5. The van der Waals surface area contributed by atoms with E-state index in [0.717, 1.165) is 6.42 Å². The smallest absolute Gasteiger partial charge is 0.240 e. The van der Waals surface area contributed by atoms with Crippen LogP contribution in [0, 0.1) is 5.41 Å². The molecule has 2 N–H and O–H groups in total. The highest BCUT2D eigenvalue weighted by Gasteiger charge is 2.56. The minimum atomic E-state index is -0.912. The third-order valence-corrected chi connectivity index (χ3v) is 3.96. The van der Waals surface area contributed by atoms with Crippen molar-refractivity contribution >= 4 is 17.5 Å². The molecule has 1 atom stereocenters. The molecule has 0 radical (unpaired) electrons. The number of carbonyl (C=O) groups is 2. The van der Waals surface area contributed by atoms with E-state index in [4.69, 9.17) is 4.74 Å². The van der Waals surface area contributed by atoms with E-state index in [0.29, 0.717) is 24.3 Å². The average Bonchev–Trinajstić information content (AvgIpc) is 3.29. The van der Waals surface area contributed by atoms with Crippen molar-refractivity contribution < 1.29 is 14.3 Å². The van der Waals surface area contributed by atoms with Crippen LogP contribution in [0.2, 0.25) is 0 Å². The van der Waals surface area contributed by atoms with Crippen molar-refractivity contribution in [3.8, 4) is 5.75 Å². The number of hydrogen-bond donors (Lipinski definition) is 2. The Hall–Kier alpha value is -2.04. The van der Waals surface area contributed by atoms with Crippen LogP contribution in [0.1, 0.15) is 33.1 Å². The fourth-order valence-corrected chi connectivity index (χ4v) is 2.14. The maximum atomic E-state index is 12.4. The van der Waals surface area contributed by atoms with Gasteiger partial charge in [-0.25, -0.2) is 0 Å². The maximum absolute atomic E-state index is 12.4. The molecule has 0 heterocycles. The first kappa shape index (κ1) is 15.4. The van der Waals surface area contributed by atoms with Crippen LogP contribution < -0.4 is 15.4 Å². The van der Waals surface area contributed by atoms with E-state index in [2.05, 4.69) is 10.6 Å². The third-order valence-electron chi connectivity index (χ3n) is 3.96. The van der Waals surface area contributed by atoms with Gasteiger partial charge < -0.3 is 15.4 Å². The second kappa shape index (κ2) is 6.16. The zero-order valence-electron chi connectivity index (χ0n) is 12.7. The fourth-order valence-electron chi connectivity index (χ4n) is 2.14. The van der Waals surface area contributed by atoms with Crippen molar-refractivity contribution in [1.29, 1.82) is 0 Å². The molecule has 0 aromatic heterocycles. The second-order valence-electron chi connectivity index (χ2n) is 5.52. The molecule has 0 aliphatic heterocycles. The monoisotopic (exact) mass is 290 g/mol. The predicted octanol–water partition coefficient (Wildman–Crippen LogP) is 2.33. The summed E-state index contributed by atoms with van der Waals surface area (Å²) in [4.78, 5) is 24.7. The average molecular weight is 290 g/mol. The van der Waals surface area contributed by atoms with Crippen LogP contribution in [0.5, 0.6) is 5.75 Å². The van der Waals surface area contributed by atoms with Crippen LogP contribution >= 0.6 is 0 Å². The highest BCUT2D eigenvalue weighted by molar-refractivity contribution is 6.13. The van der Waals surface area contributed by atoms with E-state index in [1.54, 1.807) is 19.2 Å². The van der Waals surface area contributed by atoms with Gasteiger partial charge in [-0.3, -0.25) is 9.59 Å². The molecule has 114 valence electrons. The van der Waals surface area contributed by atoms with Gasteiger partial charge in [-0.05, 0) is 38.3 Å². The van der Waals surface area contributed by atoms with E-state index < -0.39 is 5.41 Å². The molecule has 21 heavy (non-hydrogen) atoms. The van der Waals surface area contributed by atoms with Gasteiger partial charge in [0.05, 0.1) is 12.8 Å². The molecule has 1 fully saturated rings. The number of nitrogens with one attached hydrogen (secondary N) is 2. The minimum absolute atomic E-state index is 0.0778. The summed E-state index contributed by atoms with van der Waals surface area (Å²) in [5.74, 6) is 0.154. The van der Waals surface area contributed by atoms with Gasteiger partial charge in [0, 0.05) is 6.04 Å². The van der Waals surface area contributed by atoms with Crippen molar-refractivity contribution in [2.75, 3.05) is 12.4 Å². The van der Waals surface area contributed by atoms with E-state index in [-0.39, 0.29) is 17.9 Å². The molecule has 0 spiro atoms. The number of amides is 2. The molecule has 1 aromatic carbocycles. The Balaban J connectivity index is 2.07. The van der Waals surface area contributed by atoms with Crippen LogP contribution in [0.25, 0.3) is 0 Å². The Morgan fingerprint density at radius 3 is 2.52 bits per heavy atom. The van der Waals surface area contributed by atoms with Crippen LogP contribution in [0.3, 0.4) is 0 Å². The quantitative estimate of drug-likeness (QED) is 0.790. The molecule has 1 aliphatic rings. The summed E-state index contributed by atoms with van der Waals surface area (Å²) in [6.45, 7) is 3.94. The van der Waals surface area contributed by atoms with Crippen molar-refractivity contribution in [2.45, 2.75) is 39.2 Å². The van der Waals surface area contributed by atoms with Gasteiger partial charge in [0.15, 0.2) is 0 Å². The van der Waals surface area contributed by atoms with Gasteiger partial charge >= 0.3 is 0 Å². The number of rotatable bonds is 6. The van der Waals surface area contributed by atoms with Crippen molar-refractivity contribution in [3.63, 3.8) is 0 Å². The number of methoxy groups -OCH3 is 1. The summed E-state index contributed by atoms with van der Waals surface area (Å²) < 4.78 is 5.21. The van der Waals surface area contributed by atoms with Gasteiger partial charge in [-0.15, -0.1) is 0 Å². The molecule has 1 aromatic rings. The Morgan fingerprint density at radius 1 is 1.29 bits per heavy atom. The Bertz CT molecular complexity index is 538. The Kier molecular flexibility index (Phi) is 4.50. The fraction of sp³-hybridized carbons (Fsp3) is 0.500. The van der Waals surface area contributed by atoms with Crippen LogP contribution in [0.4, 0.5) is 5.69 Å². The molecule has 2 rings (SSSR count). The number of benzene rings is 1. The summed E-state index contributed by atoms with van der Waals surface area (Å²) in [6.07, 6.45) is 2.03. The molecular formula is C16H22N2O3.